The van der Waals surface area contributed by atoms with E-state index in [1.807, 2.05) is 13.8 Å². The van der Waals surface area contributed by atoms with E-state index in [2.05, 4.69) is 85.9 Å². The molecule has 0 N–H and O–H groups in total. The molecule has 5 heteroatoms. The molecule has 0 amide bonds. The summed E-state index contributed by atoms with van der Waals surface area (Å²) < 4.78 is 13.9. The fourth-order valence-electron chi connectivity index (χ4n) is 1.88. The second-order valence-electron chi connectivity index (χ2n) is 4.28. The number of hydrogen-bond donors (Lipinski definition) is 0. The van der Waals surface area contributed by atoms with E-state index in [0.717, 1.165) is 11.5 Å². The first-order chi connectivity index (χ1) is 10.1. The molecule has 0 aliphatic carbocycles. The molecule has 0 unspecified atom stereocenters. The molecule has 0 spiro atoms. The van der Waals surface area contributed by atoms with Crippen molar-refractivity contribution in [3.8, 4) is 11.5 Å². The maximum atomic E-state index is 5.52. The average molecular weight is 624 g/mol. The molecule has 0 aromatic heterocycles. The van der Waals surface area contributed by atoms with Crippen molar-refractivity contribution in [2.24, 2.45) is 0 Å². The molecule has 2 aromatic rings. The zero-order chi connectivity index (χ0) is 15.3. The predicted molar refractivity (Wildman–Crippen MR) is 108 cm³/mol. The third-order valence-electron chi connectivity index (χ3n) is 2.86. The summed E-state index contributed by atoms with van der Waals surface area (Å²) in [6, 6.07) is 17.1. The van der Waals surface area contributed by atoms with Gasteiger partial charge in [0.2, 0.25) is 0 Å². The van der Waals surface area contributed by atoms with Crippen LogP contribution in [-0.4, -0.2) is 23.5 Å². The predicted octanol–water partition coefficient (Wildman–Crippen LogP) is 3.91. The number of benzene rings is 2. The van der Waals surface area contributed by atoms with Gasteiger partial charge in [0.25, 0.3) is 0 Å². The molecule has 0 heterocycles. The van der Waals surface area contributed by atoms with E-state index >= 15 is 0 Å². The topological polar surface area (TPSA) is 18.5 Å². The number of hydrogen-bond acceptors (Lipinski definition) is 2. The van der Waals surface area contributed by atoms with Gasteiger partial charge in [-0.25, -0.2) is 0 Å². The SMILES string of the molecule is CCOc1ccc([Te](I)(I)c2ccc(OCC)cc2)cc1. The van der Waals surface area contributed by atoms with Crippen LogP contribution in [0.2, 0.25) is 0 Å². The van der Waals surface area contributed by atoms with Crippen molar-refractivity contribution in [3.05, 3.63) is 48.5 Å². The molecular formula is C16H18I2O2Te. The molecule has 0 fully saturated rings. The van der Waals surface area contributed by atoms with Gasteiger partial charge in [0.1, 0.15) is 0 Å². The molecule has 0 radical (unpaired) electrons. The Morgan fingerprint density at radius 3 is 1.33 bits per heavy atom. The first kappa shape index (κ1) is 17.6. The van der Waals surface area contributed by atoms with Crippen molar-refractivity contribution in [2.75, 3.05) is 13.2 Å². The molecule has 114 valence electrons. The summed E-state index contributed by atoms with van der Waals surface area (Å²) in [6.45, 7) is 5.43. The van der Waals surface area contributed by atoms with Crippen LogP contribution in [0.25, 0.3) is 0 Å². The van der Waals surface area contributed by atoms with Crippen LogP contribution in [0.15, 0.2) is 48.5 Å². The summed E-state index contributed by atoms with van der Waals surface area (Å²) in [7, 11) is -2.31. The van der Waals surface area contributed by atoms with Crippen LogP contribution < -0.4 is 16.7 Å². The zero-order valence-electron chi connectivity index (χ0n) is 12.0. The molecule has 0 saturated heterocycles. The third kappa shape index (κ3) is 4.63. The van der Waals surface area contributed by atoms with Crippen molar-refractivity contribution in [2.45, 2.75) is 13.8 Å². The van der Waals surface area contributed by atoms with Gasteiger partial charge in [0.05, 0.1) is 0 Å². The van der Waals surface area contributed by atoms with Gasteiger partial charge < -0.3 is 0 Å². The Kier molecular flexibility index (Phi) is 6.91. The van der Waals surface area contributed by atoms with Crippen LogP contribution in [0.1, 0.15) is 13.8 Å². The molecule has 2 aromatic carbocycles. The number of rotatable bonds is 6. The number of ether oxygens (including phenoxy) is 2. The zero-order valence-corrected chi connectivity index (χ0v) is 18.7. The summed E-state index contributed by atoms with van der Waals surface area (Å²) in [5.74, 6) is 1.89. The summed E-state index contributed by atoms with van der Waals surface area (Å²) in [5.41, 5.74) is 0. The summed E-state index contributed by atoms with van der Waals surface area (Å²) in [4.78, 5) is 0. The third-order valence-corrected chi connectivity index (χ3v) is 21.4. The fourth-order valence-corrected chi connectivity index (χ4v) is 13.3. The summed E-state index contributed by atoms with van der Waals surface area (Å²) in [6.07, 6.45) is 0. The van der Waals surface area contributed by atoms with Gasteiger partial charge in [-0.05, 0) is 0 Å². The maximum absolute atomic E-state index is 5.52. The molecule has 0 bridgehead atoms. The van der Waals surface area contributed by atoms with Gasteiger partial charge in [0, 0.05) is 0 Å². The number of halogens is 2. The van der Waals surface area contributed by atoms with Crippen molar-refractivity contribution >= 4 is 54.9 Å². The van der Waals surface area contributed by atoms with Crippen LogP contribution in [0.3, 0.4) is 0 Å². The van der Waals surface area contributed by atoms with Gasteiger partial charge in [-0.1, -0.05) is 0 Å². The normalized spacial score (nSPS) is 12.0. The minimum absolute atomic E-state index is 0.708. The Bertz CT molecular complexity index is 516. The average Bonchev–Trinajstić information content (AvgIpc) is 2.49. The Morgan fingerprint density at radius 2 is 1.05 bits per heavy atom. The first-order valence-electron chi connectivity index (χ1n) is 6.76. The van der Waals surface area contributed by atoms with Crippen LogP contribution in [-0.2, 0) is 0 Å². The van der Waals surface area contributed by atoms with Crippen molar-refractivity contribution in [1.29, 1.82) is 0 Å². The van der Waals surface area contributed by atoms with Crippen LogP contribution in [0, 0.1) is 0 Å². The van der Waals surface area contributed by atoms with Gasteiger partial charge >= 0.3 is 151 Å². The van der Waals surface area contributed by atoms with E-state index in [0.29, 0.717) is 13.2 Å². The molecule has 0 saturated carbocycles. The minimum atomic E-state index is -2.31. The summed E-state index contributed by atoms with van der Waals surface area (Å²) in [5, 5.41) is 0. The van der Waals surface area contributed by atoms with Crippen LogP contribution >= 0.6 is 37.4 Å². The standard InChI is InChI=1S/C16H18I2O2Te/c1-3-19-13-5-9-15(10-6-13)21(17,18)16-11-7-14(8-12-16)20-4-2/h5-12H,3-4H2,1-2H3. The second-order valence-corrected chi connectivity index (χ2v) is 38.7. The van der Waals surface area contributed by atoms with E-state index in [-0.39, 0.29) is 0 Å². The Balaban J connectivity index is 2.23. The quantitative estimate of drug-likeness (QED) is 0.359. The monoisotopic (exact) mass is 626 g/mol. The van der Waals surface area contributed by atoms with Crippen molar-refractivity contribution < 1.29 is 9.47 Å². The molecular weight excluding hydrogens is 606 g/mol. The molecule has 0 aliphatic heterocycles. The Morgan fingerprint density at radius 1 is 0.714 bits per heavy atom. The van der Waals surface area contributed by atoms with Gasteiger partial charge in [0.15, 0.2) is 0 Å². The molecule has 0 atom stereocenters. The van der Waals surface area contributed by atoms with Crippen molar-refractivity contribution in [3.63, 3.8) is 0 Å². The molecule has 0 aliphatic rings. The molecule has 2 rings (SSSR count). The van der Waals surface area contributed by atoms with E-state index in [4.69, 9.17) is 9.47 Å². The second kappa shape index (κ2) is 8.23. The van der Waals surface area contributed by atoms with Gasteiger partial charge in [-0.3, -0.25) is 0 Å². The summed E-state index contributed by atoms with van der Waals surface area (Å²) >= 11 is 5.34. The first-order valence-corrected chi connectivity index (χ1v) is 22.7. The van der Waals surface area contributed by atoms with Gasteiger partial charge in [-0.15, -0.1) is 0 Å². The van der Waals surface area contributed by atoms with E-state index in [9.17, 15) is 0 Å². The van der Waals surface area contributed by atoms with Crippen LogP contribution in [0.5, 0.6) is 11.5 Å². The fraction of sp³-hybridized carbons (Fsp3) is 0.250. The molecule has 21 heavy (non-hydrogen) atoms. The van der Waals surface area contributed by atoms with E-state index < -0.39 is 10.3 Å². The van der Waals surface area contributed by atoms with Crippen molar-refractivity contribution in [1.82, 2.24) is 0 Å². The Labute approximate surface area is 149 Å². The van der Waals surface area contributed by atoms with E-state index in [1.54, 1.807) is 0 Å². The van der Waals surface area contributed by atoms with Crippen LogP contribution in [0.4, 0.5) is 0 Å². The van der Waals surface area contributed by atoms with E-state index in [1.165, 1.54) is 7.22 Å². The Hall–Kier alpha value is 0.290. The molecule has 2 nitrogen and oxygen atoms in total. The van der Waals surface area contributed by atoms with Gasteiger partial charge in [-0.2, -0.15) is 0 Å².